The van der Waals surface area contributed by atoms with E-state index in [1.807, 2.05) is 18.6 Å². The standard InChI is InChI=1S/C12H9N2/c1-2-10-7-13-6-4-11(10)12-8-14-5-3-9(1)12/h1-7H,8H2. The first-order valence-corrected chi connectivity index (χ1v) is 4.64. The largest absolute Gasteiger partial charge is 0.288 e. The fourth-order valence-corrected chi connectivity index (χ4v) is 1.86. The number of hydrogen-bond donors (Lipinski definition) is 0. The number of hydrogen-bond acceptors (Lipinski definition) is 1. The van der Waals surface area contributed by atoms with Crippen molar-refractivity contribution in [1.82, 2.24) is 5.32 Å². The van der Waals surface area contributed by atoms with Gasteiger partial charge in [0.2, 0.25) is 0 Å². The van der Waals surface area contributed by atoms with Gasteiger partial charge >= 0.3 is 0 Å². The van der Waals surface area contributed by atoms with Crippen LogP contribution in [0.25, 0.3) is 18.4 Å². The molecule has 67 valence electrons. The van der Waals surface area contributed by atoms with Crippen LogP contribution in [0.3, 0.4) is 0 Å². The van der Waals surface area contributed by atoms with Gasteiger partial charge in [-0.2, -0.15) is 0 Å². The second kappa shape index (κ2) is 2.84. The Kier molecular flexibility index (Phi) is 1.53. The van der Waals surface area contributed by atoms with Gasteiger partial charge in [0.1, 0.15) is 0 Å². The molecule has 1 aromatic carbocycles. The minimum Gasteiger partial charge on any atom is -0.288 e. The second-order valence-electron chi connectivity index (χ2n) is 3.39. The summed E-state index contributed by atoms with van der Waals surface area (Å²) in [4.78, 5) is 4.27. The van der Waals surface area contributed by atoms with Crippen LogP contribution in [0.5, 0.6) is 0 Å². The van der Waals surface area contributed by atoms with Crippen molar-refractivity contribution in [2.24, 2.45) is 4.99 Å². The summed E-state index contributed by atoms with van der Waals surface area (Å²) in [5.74, 6) is 0. The summed E-state index contributed by atoms with van der Waals surface area (Å²) in [6.07, 6.45) is 9.71. The van der Waals surface area contributed by atoms with Crippen LogP contribution in [-0.2, 0) is 6.54 Å². The molecule has 0 aromatic heterocycles. The molecule has 0 amide bonds. The molecular formula is C12H9N2. The van der Waals surface area contributed by atoms with E-state index in [2.05, 4.69) is 34.6 Å². The van der Waals surface area contributed by atoms with Gasteiger partial charge < -0.3 is 0 Å². The Bertz CT molecular complexity index is 550. The molecule has 2 aliphatic rings. The summed E-state index contributed by atoms with van der Waals surface area (Å²) in [5, 5.41) is 6.58. The fourth-order valence-electron chi connectivity index (χ4n) is 1.86. The van der Waals surface area contributed by atoms with E-state index in [0.717, 1.165) is 6.54 Å². The summed E-state index contributed by atoms with van der Waals surface area (Å²) in [6, 6.07) is 4.24. The van der Waals surface area contributed by atoms with Crippen LogP contribution in [-0.4, -0.2) is 6.21 Å². The molecule has 2 nitrogen and oxygen atoms in total. The first kappa shape index (κ1) is 7.56. The molecule has 2 heterocycles. The Morgan fingerprint density at radius 3 is 3.07 bits per heavy atom. The Morgan fingerprint density at radius 2 is 2.07 bits per heavy atom. The molecule has 2 aliphatic heterocycles. The highest BCUT2D eigenvalue weighted by Crippen LogP contribution is 2.07. The van der Waals surface area contributed by atoms with Crippen LogP contribution in [0.4, 0.5) is 0 Å². The third-order valence-corrected chi connectivity index (χ3v) is 2.58. The van der Waals surface area contributed by atoms with Gasteiger partial charge in [-0.1, -0.05) is 12.1 Å². The van der Waals surface area contributed by atoms with E-state index in [-0.39, 0.29) is 0 Å². The van der Waals surface area contributed by atoms with Crippen LogP contribution in [0.2, 0.25) is 0 Å². The van der Waals surface area contributed by atoms with Crippen molar-refractivity contribution in [2.45, 2.75) is 6.54 Å². The second-order valence-corrected chi connectivity index (χ2v) is 3.39. The maximum Gasteiger partial charge on any atom is 0.0651 e. The minimum atomic E-state index is 0.785. The van der Waals surface area contributed by atoms with Crippen molar-refractivity contribution in [3.63, 3.8) is 0 Å². The average Bonchev–Trinajstić information content (AvgIpc) is 2.29. The van der Waals surface area contributed by atoms with Crippen molar-refractivity contribution in [1.29, 1.82) is 0 Å². The summed E-state index contributed by atoms with van der Waals surface area (Å²) < 4.78 is 0. The zero-order valence-corrected chi connectivity index (χ0v) is 7.64. The zero-order valence-electron chi connectivity index (χ0n) is 7.64. The van der Waals surface area contributed by atoms with Gasteiger partial charge in [-0.15, -0.1) is 0 Å². The maximum absolute atomic E-state index is 4.27. The fraction of sp³-hybridized carbons (Fsp3) is 0.0833. The lowest BCUT2D eigenvalue weighted by Crippen LogP contribution is -2.23. The Hall–Kier alpha value is -1.83. The number of aliphatic imine (C=N–C) groups is 1. The van der Waals surface area contributed by atoms with Gasteiger partial charge in [0, 0.05) is 23.8 Å². The van der Waals surface area contributed by atoms with E-state index in [9.17, 15) is 0 Å². The normalized spacial score (nSPS) is 16.0. The van der Waals surface area contributed by atoms with E-state index < -0.39 is 0 Å². The number of fused-ring (bicyclic) bond motifs is 3. The molecule has 0 spiro atoms. The first-order valence-electron chi connectivity index (χ1n) is 4.64. The Morgan fingerprint density at radius 1 is 1.14 bits per heavy atom. The van der Waals surface area contributed by atoms with Crippen molar-refractivity contribution < 1.29 is 0 Å². The predicted molar refractivity (Wildman–Crippen MR) is 58.0 cm³/mol. The topological polar surface area (TPSA) is 26.5 Å². The molecule has 0 aliphatic carbocycles. The van der Waals surface area contributed by atoms with E-state index in [1.165, 1.54) is 21.6 Å². The smallest absolute Gasteiger partial charge is 0.0651 e. The third-order valence-electron chi connectivity index (χ3n) is 2.58. The monoisotopic (exact) mass is 181 g/mol. The summed E-state index contributed by atoms with van der Waals surface area (Å²) >= 11 is 0. The highest BCUT2D eigenvalue weighted by atomic mass is 14.8. The average molecular weight is 181 g/mol. The van der Waals surface area contributed by atoms with E-state index in [0.29, 0.717) is 0 Å². The molecule has 3 rings (SSSR count). The third kappa shape index (κ3) is 1.01. The lowest BCUT2D eigenvalue weighted by atomic mass is 10.00. The Balaban J connectivity index is 2.42. The molecular weight excluding hydrogens is 172 g/mol. The molecule has 2 heteroatoms. The van der Waals surface area contributed by atoms with Gasteiger partial charge in [0.15, 0.2) is 0 Å². The maximum atomic E-state index is 4.27. The highest BCUT2D eigenvalue weighted by molar-refractivity contribution is 5.92. The van der Waals surface area contributed by atoms with Crippen LogP contribution < -0.4 is 15.8 Å². The summed E-state index contributed by atoms with van der Waals surface area (Å²) in [6.45, 7) is 0.785. The molecule has 0 saturated carbocycles. The summed E-state index contributed by atoms with van der Waals surface area (Å²) in [7, 11) is 0. The quantitative estimate of drug-likeness (QED) is 0.553. The molecule has 0 bridgehead atoms. The molecule has 0 unspecified atom stereocenters. The van der Waals surface area contributed by atoms with Crippen LogP contribution >= 0.6 is 0 Å². The Labute approximate surface area is 82.0 Å². The van der Waals surface area contributed by atoms with E-state index >= 15 is 0 Å². The SMILES string of the molecule is C1=Cc2c3c(ccc2=C[N]1)=CC=NC3. The molecule has 0 atom stereocenters. The molecule has 0 fully saturated rings. The van der Waals surface area contributed by atoms with Gasteiger partial charge in [0.05, 0.1) is 6.54 Å². The lowest BCUT2D eigenvalue weighted by molar-refractivity contribution is 1.04. The summed E-state index contributed by atoms with van der Waals surface area (Å²) in [5.41, 5.74) is 2.58. The number of benzene rings is 1. The van der Waals surface area contributed by atoms with Crippen molar-refractivity contribution in [3.8, 4) is 0 Å². The molecule has 1 radical (unpaired) electrons. The zero-order chi connectivity index (χ0) is 9.38. The van der Waals surface area contributed by atoms with Crippen molar-refractivity contribution >= 4 is 24.6 Å². The number of nitrogens with zero attached hydrogens (tertiary/aromatic N) is 2. The van der Waals surface area contributed by atoms with Gasteiger partial charge in [0.25, 0.3) is 0 Å². The van der Waals surface area contributed by atoms with Gasteiger partial charge in [-0.25, -0.2) is 0 Å². The molecule has 14 heavy (non-hydrogen) atoms. The van der Waals surface area contributed by atoms with Gasteiger partial charge in [-0.3, -0.25) is 10.3 Å². The van der Waals surface area contributed by atoms with Crippen LogP contribution in [0, 0.1) is 0 Å². The van der Waals surface area contributed by atoms with Crippen molar-refractivity contribution in [3.05, 3.63) is 39.9 Å². The predicted octanol–water partition coefficient (Wildman–Crippen LogP) is 0.378. The molecule has 0 N–H and O–H groups in total. The van der Waals surface area contributed by atoms with Crippen LogP contribution in [0.15, 0.2) is 23.3 Å². The molecule has 0 saturated heterocycles. The number of rotatable bonds is 0. The lowest BCUT2D eigenvalue weighted by Gasteiger charge is -2.10. The van der Waals surface area contributed by atoms with E-state index in [4.69, 9.17) is 0 Å². The molecule has 1 aromatic rings. The van der Waals surface area contributed by atoms with Crippen LogP contribution in [0.1, 0.15) is 11.1 Å². The van der Waals surface area contributed by atoms with E-state index in [1.54, 1.807) is 0 Å². The van der Waals surface area contributed by atoms with Gasteiger partial charge in [-0.05, 0) is 28.5 Å². The first-order chi connectivity index (χ1) is 6.95. The minimum absolute atomic E-state index is 0.785. The highest BCUT2D eigenvalue weighted by Gasteiger charge is 2.06. The van der Waals surface area contributed by atoms with Crippen molar-refractivity contribution in [2.75, 3.05) is 0 Å².